The zero-order chi connectivity index (χ0) is 51.1. The smallest absolute Gasteiger partial charge is 0.306 e. The number of aliphatic hydroxyl groups excluding tert-OH is 1. The Hall–Kier alpha value is -6.09. The summed E-state index contributed by atoms with van der Waals surface area (Å²) in [5.74, 6) is -2.28. The van der Waals surface area contributed by atoms with Gasteiger partial charge in [0.1, 0.15) is 40.3 Å². The number of amides is 2. The number of fused-ring (bicyclic) bond motifs is 6. The molecule has 2 aromatic rings. The third-order valence-electron chi connectivity index (χ3n) is 14.2. The summed E-state index contributed by atoms with van der Waals surface area (Å²) in [4.78, 5) is 67.1. The Morgan fingerprint density at radius 1 is 0.743 bits per heavy atom. The highest BCUT2D eigenvalue weighted by Gasteiger charge is 2.48. The molecule has 0 fully saturated rings. The first-order chi connectivity index (χ1) is 33.1. The van der Waals surface area contributed by atoms with E-state index >= 15 is 0 Å². The summed E-state index contributed by atoms with van der Waals surface area (Å²) in [5, 5.41) is 43.0. The number of phenolic OH excluding ortho intramolecular Hbond substituents is 2. The van der Waals surface area contributed by atoms with Crippen LogP contribution in [0.2, 0.25) is 0 Å². The average Bonchev–Trinajstić information content (AvgIpc) is 3.78. The van der Waals surface area contributed by atoms with E-state index in [1.54, 1.807) is 4.90 Å². The molecule has 4 heterocycles. The lowest BCUT2D eigenvalue weighted by Crippen LogP contribution is -2.51. The van der Waals surface area contributed by atoms with Crippen LogP contribution in [0, 0.1) is 0 Å². The van der Waals surface area contributed by atoms with Crippen LogP contribution in [0.25, 0.3) is 0 Å². The summed E-state index contributed by atoms with van der Waals surface area (Å²) in [6, 6.07) is 2.78. The number of carboxylic acids is 1. The molecule has 4 aliphatic rings. The van der Waals surface area contributed by atoms with E-state index in [1.807, 2.05) is 13.8 Å². The molecule has 0 aromatic heterocycles. The molecule has 0 saturated carbocycles. The average molecular weight is 969 g/mol. The van der Waals surface area contributed by atoms with E-state index < -0.39 is 53.9 Å². The second-order valence-electron chi connectivity index (χ2n) is 20.4. The molecule has 0 spiro atoms. The maximum absolute atomic E-state index is 14.0. The predicted molar refractivity (Wildman–Crippen MR) is 263 cm³/mol. The van der Waals surface area contributed by atoms with Gasteiger partial charge in [-0.3, -0.25) is 28.9 Å². The second kappa shape index (κ2) is 22.8. The largest absolute Gasteiger partial charge is 0.508 e. The van der Waals surface area contributed by atoms with Crippen LogP contribution in [0.4, 0.5) is 0 Å². The highest BCUT2D eigenvalue weighted by atomic mass is 16.6. The number of nitrogens with zero attached hydrogens (tertiary/aromatic N) is 2. The number of esters is 1. The maximum atomic E-state index is 14.0. The SMILES string of the molecule is CC(C)=CCC/C(C)=C/CC[C@@]1(C)Oc2c(c(O)cc3c2CN(CCC[C@@H](OC=O)N2Cc4c(cc(O)c5c4O[C@](C)(CC/C=C(\C)CCC=C(C)C)[C@@H](O)C5)C2=O)C3=O)C[C@@H]1OC(=O)CCC(=O)O. The topological polar surface area (TPSA) is 210 Å². The first kappa shape index (κ1) is 53.3. The van der Waals surface area contributed by atoms with Gasteiger partial charge >= 0.3 is 11.9 Å². The van der Waals surface area contributed by atoms with Crippen LogP contribution in [0.1, 0.15) is 175 Å². The Morgan fingerprint density at radius 2 is 1.29 bits per heavy atom. The summed E-state index contributed by atoms with van der Waals surface area (Å²) < 4.78 is 24.7. The van der Waals surface area contributed by atoms with Crippen molar-refractivity contribution in [1.29, 1.82) is 0 Å². The molecule has 5 atom stereocenters. The number of hydrogen-bond acceptors (Lipinski definition) is 12. The van der Waals surface area contributed by atoms with E-state index in [-0.39, 0.29) is 80.3 Å². The number of allylic oxidation sites excluding steroid dienone is 8. The molecule has 2 amide bonds. The zero-order valence-electron chi connectivity index (χ0n) is 42.2. The third-order valence-corrected chi connectivity index (χ3v) is 14.2. The molecule has 0 saturated heterocycles. The van der Waals surface area contributed by atoms with Gasteiger partial charge in [0.15, 0.2) is 6.23 Å². The van der Waals surface area contributed by atoms with Crippen molar-refractivity contribution in [2.24, 2.45) is 0 Å². The van der Waals surface area contributed by atoms with Gasteiger partial charge in [-0.1, -0.05) is 46.6 Å². The molecule has 15 nitrogen and oxygen atoms in total. The van der Waals surface area contributed by atoms with E-state index in [2.05, 4.69) is 65.8 Å². The second-order valence-corrected chi connectivity index (χ2v) is 20.4. The number of phenols is 2. The van der Waals surface area contributed by atoms with E-state index in [0.717, 1.165) is 25.7 Å². The van der Waals surface area contributed by atoms with Crippen molar-refractivity contribution in [1.82, 2.24) is 9.80 Å². The fourth-order valence-electron chi connectivity index (χ4n) is 9.89. The first-order valence-corrected chi connectivity index (χ1v) is 24.6. The van der Waals surface area contributed by atoms with E-state index in [0.29, 0.717) is 65.9 Å². The van der Waals surface area contributed by atoms with Crippen LogP contribution >= 0.6 is 0 Å². The van der Waals surface area contributed by atoms with Crippen LogP contribution in [-0.4, -0.2) is 96.6 Å². The number of aromatic hydroxyl groups is 2. The Labute approximate surface area is 411 Å². The Balaban J connectivity index is 1.15. The van der Waals surface area contributed by atoms with Crippen LogP contribution < -0.4 is 9.47 Å². The van der Waals surface area contributed by atoms with Crippen molar-refractivity contribution in [2.75, 3.05) is 6.54 Å². The number of carboxylic acid groups (broad SMARTS) is 1. The summed E-state index contributed by atoms with van der Waals surface area (Å²) in [6.07, 6.45) is 11.7. The molecule has 4 aliphatic heterocycles. The van der Waals surface area contributed by atoms with E-state index in [1.165, 1.54) is 39.3 Å². The van der Waals surface area contributed by atoms with Crippen molar-refractivity contribution in [3.05, 3.63) is 92.1 Å². The van der Waals surface area contributed by atoms with Gasteiger partial charge in [-0.25, -0.2) is 0 Å². The normalized spacial score (nSPS) is 22.0. The standard InChI is InChI=1S/C55H72N2O13/c1-33(2)14-9-16-35(5)18-11-23-54(7)45(61)28-39-43(59)27-38-42(50(39)69-54)31-57(53(38)66)47(67-32-58)20-13-25-56-30-41-37(52(56)65)26-44(60)40-29-46(68-49(64)22-21-48(62)63)55(8,70-51(40)41)24-12-19-36(6)17-10-15-34(3)4/h14-15,18-19,26-27,32,45-47,59-61H,9-13,16-17,20-25,28-31H2,1-8H3,(H,62,63)/b35-18+,36-19+/t45-,46-,47+,54+,55+/m0/s1. The Bertz CT molecular complexity index is 2460. The Morgan fingerprint density at radius 3 is 1.86 bits per heavy atom. The van der Waals surface area contributed by atoms with E-state index in [9.17, 15) is 44.4 Å². The highest BCUT2D eigenvalue weighted by molar-refractivity contribution is 6.01. The molecular weight excluding hydrogens is 897 g/mol. The number of rotatable bonds is 23. The van der Waals surface area contributed by atoms with Gasteiger partial charge in [0, 0.05) is 48.1 Å². The quantitative estimate of drug-likeness (QED) is 0.0465. The van der Waals surface area contributed by atoms with Crippen LogP contribution in [0.15, 0.2) is 58.7 Å². The van der Waals surface area contributed by atoms with Crippen LogP contribution in [0.5, 0.6) is 23.0 Å². The summed E-state index contributed by atoms with van der Waals surface area (Å²) >= 11 is 0. The summed E-state index contributed by atoms with van der Waals surface area (Å²) in [7, 11) is 0. The lowest BCUT2D eigenvalue weighted by atomic mass is 9.83. The van der Waals surface area contributed by atoms with Gasteiger partial charge < -0.3 is 44.3 Å². The molecular formula is C55H72N2O13. The summed E-state index contributed by atoms with van der Waals surface area (Å²) in [6.45, 7) is 16.7. The molecule has 0 unspecified atom stereocenters. The van der Waals surface area contributed by atoms with Gasteiger partial charge in [0.2, 0.25) is 0 Å². The highest BCUT2D eigenvalue weighted by Crippen LogP contribution is 2.49. The van der Waals surface area contributed by atoms with Crippen LogP contribution in [0.3, 0.4) is 0 Å². The zero-order valence-corrected chi connectivity index (χ0v) is 42.2. The predicted octanol–water partition coefficient (Wildman–Crippen LogP) is 9.46. The van der Waals surface area contributed by atoms with Gasteiger partial charge in [0.05, 0.1) is 43.2 Å². The molecule has 6 rings (SSSR count). The minimum absolute atomic E-state index is 0.0293. The number of aliphatic carboxylic acids is 1. The fraction of sp³-hybridized carbons (Fsp3) is 0.545. The number of benzene rings is 2. The minimum Gasteiger partial charge on any atom is -0.508 e. The van der Waals surface area contributed by atoms with Gasteiger partial charge in [-0.15, -0.1) is 0 Å². The first-order valence-electron chi connectivity index (χ1n) is 24.6. The number of carbonyl (C=O) groups excluding carboxylic acids is 4. The Kier molecular flexibility index (Phi) is 17.3. The molecule has 4 N–H and O–H groups in total. The van der Waals surface area contributed by atoms with Crippen molar-refractivity contribution in [2.45, 2.75) is 188 Å². The van der Waals surface area contributed by atoms with Crippen molar-refractivity contribution >= 4 is 30.2 Å². The maximum Gasteiger partial charge on any atom is 0.306 e. The molecule has 70 heavy (non-hydrogen) atoms. The lowest BCUT2D eigenvalue weighted by Gasteiger charge is -2.42. The molecule has 2 aromatic carbocycles. The number of hydrogen-bond donors (Lipinski definition) is 4. The molecule has 380 valence electrons. The molecule has 0 radical (unpaired) electrons. The monoisotopic (exact) mass is 969 g/mol. The van der Waals surface area contributed by atoms with E-state index in [4.69, 9.17) is 18.9 Å². The molecule has 0 aliphatic carbocycles. The molecule has 0 bridgehead atoms. The van der Waals surface area contributed by atoms with Gasteiger partial charge in [-0.05, 0) is 125 Å². The number of carbonyl (C=O) groups is 5. The minimum atomic E-state index is -1.13. The number of ether oxygens (including phenoxy) is 4. The molecule has 15 heteroatoms. The van der Waals surface area contributed by atoms with Crippen molar-refractivity contribution < 1.29 is 63.3 Å². The van der Waals surface area contributed by atoms with Crippen molar-refractivity contribution in [3.63, 3.8) is 0 Å². The van der Waals surface area contributed by atoms with Crippen LogP contribution in [-0.2, 0) is 49.8 Å². The van der Waals surface area contributed by atoms with Gasteiger partial charge in [0.25, 0.3) is 18.3 Å². The van der Waals surface area contributed by atoms with Gasteiger partial charge in [-0.2, -0.15) is 0 Å². The third kappa shape index (κ3) is 12.4. The summed E-state index contributed by atoms with van der Waals surface area (Å²) in [5.41, 5.74) is 5.24. The lowest BCUT2D eigenvalue weighted by molar-refractivity contribution is -0.165. The fourth-order valence-corrected chi connectivity index (χ4v) is 9.89. The number of aliphatic hydroxyl groups is 1. The van der Waals surface area contributed by atoms with Crippen molar-refractivity contribution in [3.8, 4) is 23.0 Å².